The topological polar surface area (TPSA) is 135 Å². The molecule has 2 rings (SSSR count). The Bertz CT molecular complexity index is 976. The van der Waals surface area contributed by atoms with Gasteiger partial charge < -0.3 is 9.47 Å². The first kappa shape index (κ1) is 20.4. The fourth-order valence-electron chi connectivity index (χ4n) is 1.89. The highest BCUT2D eigenvalue weighted by atomic mass is 32.2. The molecule has 1 aromatic heterocycles. The average molecular weight is 409 g/mol. The van der Waals surface area contributed by atoms with E-state index in [0.29, 0.717) is 11.3 Å². The summed E-state index contributed by atoms with van der Waals surface area (Å²) in [5, 5.41) is 10.2. The largest absolute Gasteiger partial charge is 0.481 e. The summed E-state index contributed by atoms with van der Waals surface area (Å²) in [6.45, 7) is 1.42. The lowest BCUT2D eigenvalue weighted by atomic mass is 10.2. The maximum absolute atomic E-state index is 12.3. The molecule has 0 bridgehead atoms. The summed E-state index contributed by atoms with van der Waals surface area (Å²) in [7, 11) is -3.04. The van der Waals surface area contributed by atoms with Crippen LogP contribution in [0.4, 0.5) is 0 Å². The number of nitrogens with one attached hydrogen (secondary N) is 2. The first-order valence-corrected chi connectivity index (χ1v) is 9.79. The molecular weight excluding hydrogens is 394 g/mol. The van der Waals surface area contributed by atoms with Gasteiger partial charge in [0.2, 0.25) is 0 Å². The van der Waals surface area contributed by atoms with E-state index in [2.05, 4.69) is 4.74 Å². The summed E-state index contributed by atoms with van der Waals surface area (Å²) in [5.74, 6) is -1.21. The van der Waals surface area contributed by atoms with E-state index >= 15 is 0 Å². The zero-order valence-corrected chi connectivity index (χ0v) is 15.9. The Morgan fingerprint density at radius 3 is 2.48 bits per heavy atom. The van der Waals surface area contributed by atoms with Crippen LogP contribution in [0.15, 0.2) is 40.6 Å². The van der Waals surface area contributed by atoms with Gasteiger partial charge in [0.25, 0.3) is 15.9 Å². The van der Waals surface area contributed by atoms with E-state index in [4.69, 9.17) is 10.00 Å². The molecule has 1 heterocycles. The number of benzene rings is 1. The van der Waals surface area contributed by atoms with Crippen LogP contribution in [-0.4, -0.2) is 33.5 Å². The summed E-state index contributed by atoms with van der Waals surface area (Å²) >= 11 is 0.900. The van der Waals surface area contributed by atoms with Crippen LogP contribution < -0.4 is 15.0 Å². The van der Waals surface area contributed by atoms with Gasteiger partial charge in [-0.3, -0.25) is 10.2 Å². The number of nitriles is 1. The van der Waals surface area contributed by atoms with E-state index in [1.165, 1.54) is 42.6 Å². The van der Waals surface area contributed by atoms with Crippen molar-refractivity contribution in [3.63, 3.8) is 0 Å². The second-order valence-corrected chi connectivity index (χ2v) is 7.66. The number of nitrogens with zero attached hydrogens (tertiary/aromatic N) is 1. The van der Waals surface area contributed by atoms with Crippen molar-refractivity contribution in [2.75, 3.05) is 7.11 Å². The molecule has 0 spiro atoms. The number of hydrogen-bond donors (Lipinski definition) is 2. The van der Waals surface area contributed by atoms with Crippen LogP contribution in [0.5, 0.6) is 5.75 Å². The maximum Gasteiger partial charge on any atom is 0.349 e. The minimum absolute atomic E-state index is 0.110. The van der Waals surface area contributed by atoms with Crippen molar-refractivity contribution in [1.82, 2.24) is 10.3 Å². The quantitative estimate of drug-likeness (QED) is 0.518. The number of hydrogen-bond acceptors (Lipinski definition) is 8. The van der Waals surface area contributed by atoms with E-state index in [-0.39, 0.29) is 9.77 Å². The molecule has 0 aliphatic rings. The summed E-state index contributed by atoms with van der Waals surface area (Å²) < 4.78 is 34.5. The van der Waals surface area contributed by atoms with Gasteiger partial charge in [-0.25, -0.2) is 13.2 Å². The number of carbonyl (C=O) groups is 2. The van der Waals surface area contributed by atoms with E-state index in [1.807, 2.05) is 16.3 Å². The molecule has 2 N–H and O–H groups in total. The van der Waals surface area contributed by atoms with Gasteiger partial charge in [-0.2, -0.15) is 5.26 Å². The smallest absolute Gasteiger partial charge is 0.349 e. The maximum atomic E-state index is 12.3. The number of carbonyl (C=O) groups excluding carboxylic acids is 2. The Morgan fingerprint density at radius 1 is 1.22 bits per heavy atom. The number of sulfonamides is 1. The van der Waals surface area contributed by atoms with E-state index in [1.54, 1.807) is 0 Å². The van der Waals surface area contributed by atoms with Gasteiger partial charge in [-0.05, 0) is 42.6 Å². The number of rotatable bonds is 7. The van der Waals surface area contributed by atoms with Crippen LogP contribution in [0.2, 0.25) is 0 Å². The zero-order valence-electron chi connectivity index (χ0n) is 14.3. The van der Waals surface area contributed by atoms with Crippen LogP contribution in [-0.2, 0) is 19.6 Å². The lowest BCUT2D eigenvalue weighted by Crippen LogP contribution is -2.47. The first-order chi connectivity index (χ1) is 12.8. The lowest BCUT2D eigenvalue weighted by Gasteiger charge is -2.15. The molecule has 0 saturated carbocycles. The summed E-state index contributed by atoms with van der Waals surface area (Å²) in [5.41, 5.74) is 2.47. The fourth-order valence-corrected chi connectivity index (χ4v) is 4.07. The third kappa shape index (κ3) is 5.04. The van der Waals surface area contributed by atoms with Crippen molar-refractivity contribution in [2.45, 2.75) is 17.9 Å². The van der Waals surface area contributed by atoms with Crippen molar-refractivity contribution in [2.24, 2.45) is 0 Å². The molecule has 1 atom stereocenters. The van der Waals surface area contributed by atoms with Gasteiger partial charge in [-0.15, -0.1) is 16.2 Å². The van der Waals surface area contributed by atoms with E-state index in [9.17, 15) is 18.0 Å². The number of esters is 1. The number of hydrazine groups is 1. The summed E-state index contributed by atoms with van der Waals surface area (Å²) in [4.78, 5) is 25.2. The molecule has 0 saturated heterocycles. The predicted molar refractivity (Wildman–Crippen MR) is 95.4 cm³/mol. The Labute approximate surface area is 159 Å². The molecule has 2 aromatic rings. The van der Waals surface area contributed by atoms with E-state index < -0.39 is 28.0 Å². The number of ether oxygens (including phenoxy) is 2. The van der Waals surface area contributed by atoms with Crippen LogP contribution in [0.25, 0.3) is 0 Å². The van der Waals surface area contributed by atoms with Gasteiger partial charge >= 0.3 is 5.97 Å². The molecule has 9 nitrogen and oxygen atoms in total. The number of amides is 1. The van der Waals surface area contributed by atoms with Crippen molar-refractivity contribution in [3.05, 3.63) is 46.2 Å². The van der Waals surface area contributed by atoms with Crippen LogP contribution in [0, 0.1) is 11.3 Å². The Kier molecular flexibility index (Phi) is 6.51. The Hall–Kier alpha value is -2.94. The van der Waals surface area contributed by atoms with Crippen LogP contribution in [0.3, 0.4) is 0 Å². The molecule has 0 fully saturated rings. The molecular formula is C16H15N3O6S2. The molecule has 1 unspecified atom stereocenters. The van der Waals surface area contributed by atoms with E-state index in [0.717, 1.165) is 18.4 Å². The SMILES string of the molecule is COC(=O)c1sccc1S(=O)(=O)NNC(=O)C(C)Oc1ccc(C#N)cc1. The Balaban J connectivity index is 2.00. The number of methoxy groups -OCH3 is 1. The zero-order chi connectivity index (χ0) is 20.0. The minimum atomic E-state index is -4.18. The van der Waals surface area contributed by atoms with Gasteiger partial charge in [0.15, 0.2) is 6.10 Å². The second-order valence-electron chi connectivity index (χ2n) is 5.10. The standard InChI is InChI=1S/C16H15N3O6S2/c1-10(25-12-5-3-11(9-17)4-6-12)15(20)18-19-27(22,23)13-7-8-26-14(13)16(21)24-2/h3-8,10,19H,1-2H3,(H,18,20). The van der Waals surface area contributed by atoms with Gasteiger partial charge in [0.05, 0.1) is 18.7 Å². The van der Waals surface area contributed by atoms with Crippen molar-refractivity contribution in [3.8, 4) is 11.8 Å². The van der Waals surface area contributed by atoms with Crippen molar-refractivity contribution < 1.29 is 27.5 Å². The highest BCUT2D eigenvalue weighted by Crippen LogP contribution is 2.22. The lowest BCUT2D eigenvalue weighted by molar-refractivity contribution is -0.127. The van der Waals surface area contributed by atoms with Gasteiger partial charge in [0.1, 0.15) is 15.5 Å². The highest BCUT2D eigenvalue weighted by Gasteiger charge is 2.26. The fraction of sp³-hybridized carbons (Fsp3) is 0.188. The summed E-state index contributed by atoms with van der Waals surface area (Å²) in [6, 6.07) is 9.25. The number of thiophene rings is 1. The second kappa shape index (κ2) is 8.63. The van der Waals surface area contributed by atoms with Gasteiger partial charge in [-0.1, -0.05) is 0 Å². The molecule has 0 radical (unpaired) electrons. The minimum Gasteiger partial charge on any atom is -0.481 e. The monoisotopic (exact) mass is 409 g/mol. The molecule has 0 aliphatic carbocycles. The normalized spacial score (nSPS) is 11.9. The first-order valence-electron chi connectivity index (χ1n) is 7.42. The van der Waals surface area contributed by atoms with Gasteiger partial charge in [0, 0.05) is 0 Å². The molecule has 11 heteroatoms. The van der Waals surface area contributed by atoms with Crippen molar-refractivity contribution >= 4 is 33.2 Å². The molecule has 1 aromatic carbocycles. The average Bonchev–Trinajstić information content (AvgIpc) is 3.17. The third-order valence-corrected chi connectivity index (χ3v) is 5.58. The molecule has 1 amide bonds. The molecule has 27 heavy (non-hydrogen) atoms. The molecule has 0 aliphatic heterocycles. The predicted octanol–water partition coefficient (Wildman–Crippen LogP) is 1.18. The van der Waals surface area contributed by atoms with Crippen molar-refractivity contribution in [1.29, 1.82) is 5.26 Å². The Morgan fingerprint density at radius 2 is 1.89 bits per heavy atom. The van der Waals surface area contributed by atoms with Crippen LogP contribution >= 0.6 is 11.3 Å². The molecule has 142 valence electrons. The highest BCUT2D eigenvalue weighted by molar-refractivity contribution is 7.89. The third-order valence-electron chi connectivity index (χ3n) is 3.26. The van der Waals surface area contributed by atoms with Crippen LogP contribution in [0.1, 0.15) is 22.2 Å². The summed E-state index contributed by atoms with van der Waals surface area (Å²) in [6.07, 6.45) is -1.02.